The molecule has 0 saturated heterocycles. The van der Waals surface area contributed by atoms with E-state index in [0.29, 0.717) is 0 Å². The summed E-state index contributed by atoms with van der Waals surface area (Å²) in [6, 6.07) is 0. The summed E-state index contributed by atoms with van der Waals surface area (Å²) in [6.07, 6.45) is 24.5. The van der Waals surface area contributed by atoms with E-state index in [9.17, 15) is 0 Å². The lowest BCUT2D eigenvalue weighted by Crippen LogP contribution is -2.17. The molecule has 0 aliphatic rings. The third-order valence-corrected chi connectivity index (χ3v) is 4.13. The largest absolute Gasteiger partial charge is 0.353 e. The number of unbranched alkanes of at least 4 members (excludes halogenated alkanes) is 9. The predicted molar refractivity (Wildman–Crippen MR) is 106 cm³/mol. The topological polar surface area (TPSA) is 18.5 Å². The molecule has 142 valence electrons. The lowest BCUT2D eigenvalue weighted by Gasteiger charge is -2.16. The first kappa shape index (κ1) is 23.4. The van der Waals surface area contributed by atoms with Crippen LogP contribution in [0.3, 0.4) is 0 Å². The number of rotatable bonds is 18. The van der Waals surface area contributed by atoms with E-state index < -0.39 is 0 Å². The highest BCUT2D eigenvalue weighted by Gasteiger charge is 2.06. The summed E-state index contributed by atoms with van der Waals surface area (Å²) >= 11 is 0. The average Bonchev–Trinajstić information content (AvgIpc) is 2.58. The van der Waals surface area contributed by atoms with Gasteiger partial charge in [0.25, 0.3) is 0 Å². The summed E-state index contributed by atoms with van der Waals surface area (Å²) in [4.78, 5) is 0. The molecule has 0 aromatic heterocycles. The molecule has 0 amide bonds. The summed E-state index contributed by atoms with van der Waals surface area (Å²) in [5.74, 6) is 0. The summed E-state index contributed by atoms with van der Waals surface area (Å²) < 4.78 is 11.1. The van der Waals surface area contributed by atoms with Crippen molar-refractivity contribution >= 4 is 0 Å². The van der Waals surface area contributed by atoms with Gasteiger partial charge in [-0.3, -0.25) is 0 Å². The van der Waals surface area contributed by atoms with Crippen molar-refractivity contribution in [1.29, 1.82) is 0 Å². The minimum atomic E-state index is 0.0199. The fourth-order valence-electron chi connectivity index (χ4n) is 2.79. The van der Waals surface area contributed by atoms with Gasteiger partial charge in [0.15, 0.2) is 6.29 Å². The van der Waals surface area contributed by atoms with Crippen LogP contribution in [0.15, 0.2) is 24.3 Å². The van der Waals surface area contributed by atoms with Crippen LogP contribution in [-0.2, 0) is 9.47 Å². The van der Waals surface area contributed by atoms with Gasteiger partial charge in [0.05, 0.1) is 0 Å². The maximum atomic E-state index is 5.57. The molecular weight excluding hydrogens is 296 g/mol. The first-order valence-electron chi connectivity index (χ1n) is 10.4. The van der Waals surface area contributed by atoms with Crippen LogP contribution in [0.25, 0.3) is 0 Å². The lowest BCUT2D eigenvalue weighted by atomic mass is 10.1. The molecule has 0 bridgehead atoms. The zero-order valence-electron chi connectivity index (χ0n) is 16.6. The number of hydrogen-bond acceptors (Lipinski definition) is 2. The normalized spacial score (nSPS) is 12.2. The third kappa shape index (κ3) is 17.7. The van der Waals surface area contributed by atoms with E-state index in [0.717, 1.165) is 26.1 Å². The Kier molecular flexibility index (Phi) is 19.9. The minimum Gasteiger partial charge on any atom is -0.353 e. The molecule has 0 atom stereocenters. The van der Waals surface area contributed by atoms with Crippen molar-refractivity contribution < 1.29 is 9.47 Å². The van der Waals surface area contributed by atoms with Gasteiger partial charge >= 0.3 is 0 Å². The Morgan fingerprint density at radius 1 is 0.625 bits per heavy atom. The molecule has 2 heteroatoms. The van der Waals surface area contributed by atoms with E-state index in [-0.39, 0.29) is 6.29 Å². The van der Waals surface area contributed by atoms with Crippen LogP contribution in [-0.4, -0.2) is 19.5 Å². The van der Waals surface area contributed by atoms with E-state index in [2.05, 4.69) is 31.2 Å². The molecule has 24 heavy (non-hydrogen) atoms. The van der Waals surface area contributed by atoms with Gasteiger partial charge in [-0.1, -0.05) is 76.2 Å². The Labute approximate surface area is 151 Å². The first-order valence-corrected chi connectivity index (χ1v) is 10.4. The quantitative estimate of drug-likeness (QED) is 0.149. The van der Waals surface area contributed by atoms with Crippen molar-refractivity contribution in [2.75, 3.05) is 13.2 Å². The zero-order valence-corrected chi connectivity index (χ0v) is 16.6. The molecule has 0 heterocycles. The summed E-state index contributed by atoms with van der Waals surface area (Å²) in [5.41, 5.74) is 0. The van der Waals surface area contributed by atoms with Gasteiger partial charge in [-0.2, -0.15) is 0 Å². The van der Waals surface area contributed by atoms with E-state index in [1.54, 1.807) is 0 Å². The second kappa shape index (κ2) is 20.4. The highest BCUT2D eigenvalue weighted by molar-refractivity contribution is 5.01. The maximum absolute atomic E-state index is 5.57. The van der Waals surface area contributed by atoms with Crippen molar-refractivity contribution in [2.24, 2.45) is 0 Å². The molecule has 0 N–H and O–H groups in total. The van der Waals surface area contributed by atoms with Gasteiger partial charge in [-0.15, -0.1) is 0 Å². The van der Waals surface area contributed by atoms with E-state index in [1.807, 2.05) is 13.8 Å². The SMILES string of the molecule is CCC=CC=CCCCCCCCCCCCC(OCC)OCC. The van der Waals surface area contributed by atoms with Gasteiger partial charge in [0, 0.05) is 13.2 Å². The molecule has 0 aromatic carbocycles. The molecule has 0 aliphatic carbocycles. The van der Waals surface area contributed by atoms with Crippen LogP contribution >= 0.6 is 0 Å². The van der Waals surface area contributed by atoms with Crippen LogP contribution in [0.2, 0.25) is 0 Å². The maximum Gasteiger partial charge on any atom is 0.157 e. The fraction of sp³-hybridized carbons (Fsp3) is 0.818. The molecule has 0 fully saturated rings. The van der Waals surface area contributed by atoms with Crippen molar-refractivity contribution in [1.82, 2.24) is 0 Å². The van der Waals surface area contributed by atoms with Gasteiger partial charge in [0.2, 0.25) is 0 Å². The monoisotopic (exact) mass is 338 g/mol. The Bertz CT molecular complexity index is 278. The Morgan fingerprint density at radius 3 is 1.67 bits per heavy atom. The molecule has 2 nitrogen and oxygen atoms in total. The molecule has 0 unspecified atom stereocenters. The highest BCUT2D eigenvalue weighted by Crippen LogP contribution is 2.13. The second-order valence-corrected chi connectivity index (χ2v) is 6.36. The van der Waals surface area contributed by atoms with Crippen LogP contribution in [0.1, 0.15) is 97.8 Å². The Balaban J connectivity index is 3.25. The molecule has 0 radical (unpaired) electrons. The van der Waals surface area contributed by atoms with Crippen LogP contribution in [0.5, 0.6) is 0 Å². The van der Waals surface area contributed by atoms with Gasteiger partial charge in [-0.05, 0) is 46.0 Å². The molecule has 0 saturated carbocycles. The lowest BCUT2D eigenvalue weighted by molar-refractivity contribution is -0.140. The molecule has 0 aliphatic heterocycles. The van der Waals surface area contributed by atoms with Crippen LogP contribution in [0, 0.1) is 0 Å². The highest BCUT2D eigenvalue weighted by atomic mass is 16.7. The standard InChI is InChI=1S/C22H42O2/c1-4-7-8-9-10-11-12-13-14-15-16-17-18-19-20-21-22(23-5-2)24-6-3/h7-10,22H,4-6,11-21H2,1-3H3. The van der Waals surface area contributed by atoms with Crippen molar-refractivity contribution in [2.45, 2.75) is 104 Å². The van der Waals surface area contributed by atoms with Crippen molar-refractivity contribution in [3.63, 3.8) is 0 Å². The predicted octanol–water partition coefficient (Wildman–Crippen LogP) is 7.20. The average molecular weight is 339 g/mol. The van der Waals surface area contributed by atoms with Gasteiger partial charge in [-0.25, -0.2) is 0 Å². The Morgan fingerprint density at radius 2 is 1.12 bits per heavy atom. The zero-order chi connectivity index (χ0) is 17.7. The Hall–Kier alpha value is -0.600. The van der Waals surface area contributed by atoms with Crippen LogP contribution < -0.4 is 0 Å². The van der Waals surface area contributed by atoms with Crippen molar-refractivity contribution in [3.8, 4) is 0 Å². The molecule has 0 spiro atoms. The summed E-state index contributed by atoms with van der Waals surface area (Å²) in [5, 5.41) is 0. The summed E-state index contributed by atoms with van der Waals surface area (Å²) in [6.45, 7) is 7.73. The van der Waals surface area contributed by atoms with E-state index >= 15 is 0 Å². The second-order valence-electron chi connectivity index (χ2n) is 6.36. The number of allylic oxidation sites excluding steroid dienone is 4. The summed E-state index contributed by atoms with van der Waals surface area (Å²) in [7, 11) is 0. The fourth-order valence-corrected chi connectivity index (χ4v) is 2.79. The third-order valence-electron chi connectivity index (χ3n) is 4.13. The van der Waals surface area contributed by atoms with E-state index in [1.165, 1.54) is 64.2 Å². The van der Waals surface area contributed by atoms with Crippen LogP contribution in [0.4, 0.5) is 0 Å². The van der Waals surface area contributed by atoms with E-state index in [4.69, 9.17) is 9.47 Å². The smallest absolute Gasteiger partial charge is 0.157 e. The number of hydrogen-bond donors (Lipinski definition) is 0. The minimum absolute atomic E-state index is 0.0199. The molecule has 0 aromatic rings. The molecular formula is C22H42O2. The first-order chi connectivity index (χ1) is 11.8. The van der Waals surface area contributed by atoms with Crippen molar-refractivity contribution in [3.05, 3.63) is 24.3 Å². The van der Waals surface area contributed by atoms with Gasteiger partial charge in [0.1, 0.15) is 0 Å². The molecule has 0 rings (SSSR count). The number of ether oxygens (including phenoxy) is 2. The van der Waals surface area contributed by atoms with Gasteiger partial charge < -0.3 is 9.47 Å².